The summed E-state index contributed by atoms with van der Waals surface area (Å²) in [7, 11) is 2.01. The van der Waals surface area contributed by atoms with Crippen LogP contribution in [0.1, 0.15) is 32.3 Å². The van der Waals surface area contributed by atoms with Gasteiger partial charge in [-0.05, 0) is 38.5 Å². The van der Waals surface area contributed by atoms with E-state index in [1.165, 1.54) is 18.4 Å². The summed E-state index contributed by atoms with van der Waals surface area (Å²) in [4.78, 5) is 0. The molecule has 0 bridgehead atoms. The predicted octanol–water partition coefficient (Wildman–Crippen LogP) is 2.55. The van der Waals surface area contributed by atoms with E-state index in [9.17, 15) is 0 Å². The van der Waals surface area contributed by atoms with Gasteiger partial charge >= 0.3 is 0 Å². The van der Waals surface area contributed by atoms with Crippen molar-refractivity contribution in [3.05, 3.63) is 35.9 Å². The van der Waals surface area contributed by atoms with Crippen LogP contribution in [-0.2, 0) is 5.41 Å². The molecule has 2 N–H and O–H groups in total. The van der Waals surface area contributed by atoms with Gasteiger partial charge in [0.15, 0.2) is 0 Å². The summed E-state index contributed by atoms with van der Waals surface area (Å²) < 4.78 is 0. The Labute approximate surface area is 106 Å². The Kier molecular flexibility index (Phi) is 6.23. The number of nitrogens with one attached hydrogen (secondary N) is 2. The van der Waals surface area contributed by atoms with Crippen LogP contribution in [0.25, 0.3) is 0 Å². The van der Waals surface area contributed by atoms with E-state index in [2.05, 4.69) is 54.8 Å². The first-order valence-electron chi connectivity index (χ1n) is 6.57. The fourth-order valence-corrected chi connectivity index (χ4v) is 1.94. The second-order valence-corrected chi connectivity index (χ2v) is 5.24. The number of hydrogen-bond donors (Lipinski definition) is 2. The van der Waals surface area contributed by atoms with Crippen LogP contribution >= 0.6 is 0 Å². The highest BCUT2D eigenvalue weighted by Gasteiger charge is 2.19. The van der Waals surface area contributed by atoms with Gasteiger partial charge in [-0.3, -0.25) is 0 Å². The summed E-state index contributed by atoms with van der Waals surface area (Å²) in [5, 5.41) is 6.73. The van der Waals surface area contributed by atoms with Gasteiger partial charge in [-0.1, -0.05) is 44.2 Å². The molecule has 2 nitrogen and oxygen atoms in total. The summed E-state index contributed by atoms with van der Waals surface area (Å²) >= 11 is 0. The molecule has 17 heavy (non-hydrogen) atoms. The molecule has 0 fully saturated rings. The molecule has 0 amide bonds. The van der Waals surface area contributed by atoms with Crippen molar-refractivity contribution in [1.82, 2.24) is 10.6 Å². The van der Waals surface area contributed by atoms with Crippen LogP contribution in [0.2, 0.25) is 0 Å². The third-order valence-corrected chi connectivity index (χ3v) is 3.15. The van der Waals surface area contributed by atoms with Gasteiger partial charge in [0.1, 0.15) is 0 Å². The van der Waals surface area contributed by atoms with Crippen molar-refractivity contribution < 1.29 is 0 Å². The van der Waals surface area contributed by atoms with E-state index < -0.39 is 0 Å². The summed E-state index contributed by atoms with van der Waals surface area (Å²) in [6.45, 7) is 7.85. The zero-order chi connectivity index (χ0) is 12.6. The first kappa shape index (κ1) is 14.2. The van der Waals surface area contributed by atoms with Gasteiger partial charge < -0.3 is 10.6 Å². The maximum atomic E-state index is 3.56. The number of rotatable bonds is 8. The molecule has 1 aromatic carbocycles. The minimum Gasteiger partial charge on any atom is -0.320 e. The van der Waals surface area contributed by atoms with Crippen LogP contribution < -0.4 is 10.6 Å². The van der Waals surface area contributed by atoms with E-state index in [4.69, 9.17) is 0 Å². The summed E-state index contributed by atoms with van der Waals surface area (Å²) in [6.07, 6.45) is 2.49. The second kappa shape index (κ2) is 7.46. The maximum absolute atomic E-state index is 3.56. The number of hydrogen-bond acceptors (Lipinski definition) is 2. The molecule has 0 aromatic heterocycles. The van der Waals surface area contributed by atoms with E-state index >= 15 is 0 Å². The lowest BCUT2D eigenvalue weighted by atomic mass is 9.84. The van der Waals surface area contributed by atoms with Gasteiger partial charge in [-0.15, -0.1) is 0 Å². The molecule has 0 radical (unpaired) electrons. The minimum absolute atomic E-state index is 0.213. The van der Waals surface area contributed by atoms with Crippen LogP contribution in [0.15, 0.2) is 30.3 Å². The van der Waals surface area contributed by atoms with E-state index in [-0.39, 0.29) is 5.41 Å². The Morgan fingerprint density at radius 2 is 1.65 bits per heavy atom. The van der Waals surface area contributed by atoms with Gasteiger partial charge in [0.25, 0.3) is 0 Å². The summed E-state index contributed by atoms with van der Waals surface area (Å²) in [5.41, 5.74) is 1.62. The summed E-state index contributed by atoms with van der Waals surface area (Å²) in [6, 6.07) is 10.7. The van der Waals surface area contributed by atoms with Gasteiger partial charge in [-0.2, -0.15) is 0 Å². The fourth-order valence-electron chi connectivity index (χ4n) is 1.94. The Bertz CT molecular complexity index is 293. The monoisotopic (exact) mass is 234 g/mol. The number of benzene rings is 1. The highest BCUT2D eigenvalue weighted by molar-refractivity contribution is 5.23. The van der Waals surface area contributed by atoms with E-state index in [1.54, 1.807) is 0 Å². The van der Waals surface area contributed by atoms with Crippen molar-refractivity contribution in [3.8, 4) is 0 Å². The molecule has 1 aromatic rings. The highest BCUT2D eigenvalue weighted by Crippen LogP contribution is 2.21. The lowest BCUT2D eigenvalue weighted by Crippen LogP contribution is -2.33. The van der Waals surface area contributed by atoms with E-state index in [0.29, 0.717) is 0 Å². The molecule has 0 aliphatic rings. The topological polar surface area (TPSA) is 24.1 Å². The molecule has 0 heterocycles. The summed E-state index contributed by atoms with van der Waals surface area (Å²) in [5.74, 6) is 0. The molecule has 0 saturated carbocycles. The van der Waals surface area contributed by atoms with Crippen LogP contribution in [0.5, 0.6) is 0 Å². The highest BCUT2D eigenvalue weighted by atomic mass is 14.9. The van der Waals surface area contributed by atoms with Crippen molar-refractivity contribution in [2.24, 2.45) is 0 Å². The van der Waals surface area contributed by atoms with Crippen molar-refractivity contribution in [2.45, 2.75) is 32.1 Å². The molecule has 0 unspecified atom stereocenters. The third kappa shape index (κ3) is 5.33. The van der Waals surface area contributed by atoms with Crippen molar-refractivity contribution in [1.29, 1.82) is 0 Å². The van der Waals surface area contributed by atoms with Crippen molar-refractivity contribution in [2.75, 3.05) is 26.7 Å². The smallest absolute Gasteiger partial charge is 0.00431 e. The molecule has 96 valence electrons. The van der Waals surface area contributed by atoms with Gasteiger partial charge in [0.2, 0.25) is 0 Å². The molecular weight excluding hydrogens is 208 g/mol. The third-order valence-electron chi connectivity index (χ3n) is 3.15. The zero-order valence-corrected chi connectivity index (χ0v) is 11.4. The largest absolute Gasteiger partial charge is 0.320 e. The molecule has 0 saturated heterocycles. The standard InChI is InChI=1S/C15H26N2/c1-15(2,14-9-5-4-6-10-14)13-17-12-8-7-11-16-3/h4-6,9-10,16-17H,7-8,11-13H2,1-3H3. The molecule has 0 aliphatic heterocycles. The van der Waals surface area contributed by atoms with E-state index in [0.717, 1.165) is 19.6 Å². The first-order valence-corrected chi connectivity index (χ1v) is 6.57. The molecule has 2 heteroatoms. The maximum Gasteiger partial charge on any atom is 0.00431 e. The Morgan fingerprint density at radius 1 is 1.00 bits per heavy atom. The normalized spacial score (nSPS) is 11.7. The van der Waals surface area contributed by atoms with Crippen LogP contribution in [0.4, 0.5) is 0 Å². The fraction of sp³-hybridized carbons (Fsp3) is 0.600. The average molecular weight is 234 g/mol. The average Bonchev–Trinajstić information content (AvgIpc) is 2.35. The Hall–Kier alpha value is -0.860. The van der Waals surface area contributed by atoms with Crippen molar-refractivity contribution >= 4 is 0 Å². The Balaban J connectivity index is 2.26. The zero-order valence-electron chi connectivity index (χ0n) is 11.4. The SMILES string of the molecule is CNCCCCNCC(C)(C)c1ccccc1. The molecular formula is C15H26N2. The Morgan fingerprint density at radius 3 is 2.29 bits per heavy atom. The van der Waals surface area contributed by atoms with E-state index in [1.807, 2.05) is 7.05 Å². The lowest BCUT2D eigenvalue weighted by Gasteiger charge is -2.25. The van der Waals surface area contributed by atoms with Gasteiger partial charge in [-0.25, -0.2) is 0 Å². The van der Waals surface area contributed by atoms with Gasteiger partial charge in [0.05, 0.1) is 0 Å². The quantitative estimate of drug-likeness (QED) is 0.676. The molecule has 1 rings (SSSR count). The van der Waals surface area contributed by atoms with Crippen LogP contribution in [-0.4, -0.2) is 26.7 Å². The van der Waals surface area contributed by atoms with Crippen molar-refractivity contribution in [3.63, 3.8) is 0 Å². The molecule has 0 spiro atoms. The molecule has 0 atom stereocenters. The van der Waals surface area contributed by atoms with Crippen LogP contribution in [0, 0.1) is 0 Å². The second-order valence-electron chi connectivity index (χ2n) is 5.24. The lowest BCUT2D eigenvalue weighted by molar-refractivity contribution is 0.462. The molecule has 0 aliphatic carbocycles. The first-order chi connectivity index (χ1) is 8.17. The number of unbranched alkanes of at least 4 members (excludes halogenated alkanes) is 1. The predicted molar refractivity (Wildman–Crippen MR) is 75.5 cm³/mol. The van der Waals surface area contributed by atoms with Gasteiger partial charge in [0, 0.05) is 12.0 Å². The minimum atomic E-state index is 0.213. The van der Waals surface area contributed by atoms with Crippen LogP contribution in [0.3, 0.4) is 0 Å².